The van der Waals surface area contributed by atoms with Gasteiger partial charge in [0.2, 0.25) is 0 Å². The van der Waals surface area contributed by atoms with E-state index in [1.807, 2.05) is 0 Å². The van der Waals surface area contributed by atoms with E-state index in [0.717, 1.165) is 171 Å². The van der Waals surface area contributed by atoms with E-state index in [9.17, 15) is 48.9 Å². The molecule has 13 rings (SSSR count). The summed E-state index contributed by atoms with van der Waals surface area (Å²) in [5.41, 5.74) is 13.9. The third-order valence-corrected chi connectivity index (χ3v) is 59.5. The molecule has 1 heterocycles. The van der Waals surface area contributed by atoms with E-state index in [-0.39, 0.29) is 12.8 Å². The van der Waals surface area contributed by atoms with E-state index in [1.165, 1.54) is 33.4 Å². The highest BCUT2D eigenvalue weighted by Gasteiger charge is 2.72. The fourth-order valence-electron chi connectivity index (χ4n) is 23.0. The van der Waals surface area contributed by atoms with Gasteiger partial charge in [0, 0.05) is 67.5 Å². The molecule has 12 aromatic carbocycles. The number of unbranched alkanes of at least 4 members (excludes halogenated alkanes) is 6. The third-order valence-electron chi connectivity index (χ3n) is 30.7. The van der Waals surface area contributed by atoms with Crippen LogP contribution >= 0.6 is 0 Å². The Bertz CT molecular complexity index is 5510. The minimum Gasteiger partial charge on any atom is -0.416 e. The normalized spacial score (nSPS) is 17.8. The molecule has 6 N–H and O–H groups in total. The van der Waals surface area contributed by atoms with Crippen molar-refractivity contribution in [3.63, 3.8) is 0 Å². The number of nitrogens with one attached hydrogen (secondary N) is 6. The first-order chi connectivity index (χ1) is 72.7. The summed E-state index contributed by atoms with van der Waals surface area (Å²) in [5.74, 6) is 0. The monoisotopic (exact) mass is 2110 g/mol. The van der Waals surface area contributed by atoms with E-state index in [2.05, 4.69) is 408 Å². The predicted octanol–water partition coefficient (Wildman–Crippen LogP) is 35.4. The molecule has 0 radical (unpaired) electrons. The summed E-state index contributed by atoms with van der Waals surface area (Å²) >= 11 is 0. The first-order valence-corrected chi connectivity index (χ1v) is 71.6. The van der Waals surface area contributed by atoms with Crippen LogP contribution in [0.3, 0.4) is 0 Å². The van der Waals surface area contributed by atoms with Crippen LogP contribution in [-0.4, -0.2) is 85.6 Å². The SMILES string of the molecule is CCCCc1ccc(C(=N)C(CCCc2ccccc2)[Si]2(C(CCCc3ccccc3)C(=N)c3ccc(CCCC)cc3)O[Si](C)(C)O[Si](C)(C)O[Si](C)(C)O[Si](C(CCCc3ccccc3)C(=N)c3ccc(CCCC)cc3)(C(CCCc3ccccc3)C(=N)c3ccc(CCCC)cc3)O[Si](C(CCCc3ccccc3)C(=N)c3ccc(CCCC)cc3)(C(CCCc3ccccc3)C(=N)c3ccc(CCCC)cc3)O2)cc1. The van der Waals surface area contributed by atoms with Gasteiger partial charge in [0.15, 0.2) is 0 Å². The van der Waals surface area contributed by atoms with Crippen LogP contribution in [0.25, 0.3) is 0 Å². The van der Waals surface area contributed by atoms with Crippen LogP contribution < -0.4 is 0 Å². The van der Waals surface area contributed by atoms with Crippen LogP contribution in [0.2, 0.25) is 72.5 Å². The molecule has 1 saturated heterocycles. The lowest BCUT2D eigenvalue weighted by Crippen LogP contribution is -2.75. The zero-order valence-electron chi connectivity index (χ0n) is 92.5. The van der Waals surface area contributed by atoms with Crippen LogP contribution in [0, 0.1) is 32.5 Å². The fraction of sp³-hybridized carbons (Fsp3) is 0.409. The molecule has 6 atom stereocenters. The number of benzene rings is 12. The molecular formula is C132H174N6O6Si6. The van der Waals surface area contributed by atoms with Crippen LogP contribution in [0.15, 0.2) is 328 Å². The van der Waals surface area contributed by atoms with Crippen LogP contribution in [0.5, 0.6) is 0 Å². The standard InChI is InChI=1S/C132H174N6O6Si6/c1-13-19-49-109-79-91-115(92-80-109)127(133)121(73-43-67-103-55-31-25-32-56-103)148(122(74-44-68-104-57-33-26-34-58-104)128(134)116-93-81-110(82-94-116)50-20-14-2)141-146(9,10)139-145(7,8)140-147(11,12)142-149(123(75-45-69-105-59-35-27-36-60-105)129(135)117-95-83-111(84-96-117)51-21-15-3,124(76-46-70-106-61-37-28-38-62-106)130(136)118-97-85-112(86-98-118)52-22-16-4)144-150(143-148,125(77-47-71-107-63-39-29-40-64-107)131(137)119-99-87-113(88-100-119)53-23-17-5)126(78-48-72-108-65-41-30-42-66-108)132(138)120-101-89-114(90-102-120)54-24-18-6/h25-42,55-66,79-102,121-126,133-138H,13-24,43-54,67-78H2,1-12H3. The maximum absolute atomic E-state index is 12.8. The Kier molecular flexibility index (Phi) is 45.7. The molecule has 12 aromatic rings. The van der Waals surface area contributed by atoms with Gasteiger partial charge in [-0.05, 0) is 332 Å². The second-order valence-corrected chi connectivity index (χ2v) is 65.7. The number of hydrogen-bond acceptors (Lipinski definition) is 12. The lowest BCUT2D eigenvalue weighted by atomic mass is 9.98. The van der Waals surface area contributed by atoms with Crippen molar-refractivity contribution < 1.29 is 24.7 Å². The van der Waals surface area contributed by atoms with Gasteiger partial charge in [0.1, 0.15) is 0 Å². The number of hydrogen-bond donors (Lipinski definition) is 6. The van der Waals surface area contributed by atoms with Gasteiger partial charge < -0.3 is 57.1 Å². The summed E-state index contributed by atoms with van der Waals surface area (Å²) in [6.07, 6.45) is 26.2. The molecule has 6 unspecified atom stereocenters. The molecular weight excluding hydrogens is 1930 g/mol. The Labute approximate surface area is 909 Å². The highest BCUT2D eigenvalue weighted by atomic mass is 28.5. The third kappa shape index (κ3) is 33.4. The van der Waals surface area contributed by atoms with Crippen molar-refractivity contribution >= 4 is 85.6 Å². The predicted molar refractivity (Wildman–Crippen MR) is 646 cm³/mol. The topological polar surface area (TPSA) is 198 Å². The summed E-state index contributed by atoms with van der Waals surface area (Å²) in [6, 6.07) is 118. The van der Waals surface area contributed by atoms with Crippen molar-refractivity contribution in [3.8, 4) is 0 Å². The average Bonchev–Trinajstić information content (AvgIpc) is 0.699. The van der Waals surface area contributed by atoms with E-state index >= 15 is 0 Å². The van der Waals surface area contributed by atoms with Gasteiger partial charge in [0.25, 0.3) is 0 Å². The maximum atomic E-state index is 12.8. The maximum Gasteiger partial charge on any atom is 0.339 e. The van der Waals surface area contributed by atoms with Crippen molar-refractivity contribution in [3.05, 3.63) is 428 Å². The molecule has 0 spiro atoms. The van der Waals surface area contributed by atoms with Gasteiger partial charge in [0.05, 0.1) is 0 Å². The number of rotatable bonds is 60. The first kappa shape index (κ1) is 117. The molecule has 0 aliphatic carbocycles. The Balaban J connectivity index is 1.34. The molecule has 18 heteroatoms. The Morgan fingerprint density at radius 3 is 0.440 bits per heavy atom. The van der Waals surface area contributed by atoms with Crippen LogP contribution in [0.4, 0.5) is 0 Å². The van der Waals surface area contributed by atoms with Crippen LogP contribution in [-0.2, 0) is 102 Å². The molecule has 1 aliphatic rings. The molecule has 0 amide bonds. The van der Waals surface area contributed by atoms with E-state index in [1.54, 1.807) is 0 Å². The Morgan fingerprint density at radius 1 is 0.167 bits per heavy atom. The fourth-order valence-corrected chi connectivity index (χ4v) is 61.2. The second-order valence-electron chi connectivity index (χ2n) is 43.8. The van der Waals surface area contributed by atoms with Crippen molar-refractivity contribution in [1.29, 1.82) is 32.5 Å². The molecule has 1 fully saturated rings. The first-order valence-electron chi connectivity index (χ1n) is 57.2. The molecule has 12 nitrogen and oxygen atoms in total. The average molecular weight is 2110 g/mol. The summed E-state index contributed by atoms with van der Waals surface area (Å²) in [4.78, 5) is 0. The van der Waals surface area contributed by atoms with Crippen LogP contribution in [0.1, 0.15) is 296 Å². The lowest BCUT2D eigenvalue weighted by Gasteiger charge is -2.59. The zero-order chi connectivity index (χ0) is 106. The Hall–Kier alpha value is -10.3. The summed E-state index contributed by atoms with van der Waals surface area (Å²) < 4.78 is 57.6. The van der Waals surface area contributed by atoms with Gasteiger partial charge in [-0.25, -0.2) is 0 Å². The van der Waals surface area contributed by atoms with E-state index in [0.29, 0.717) is 148 Å². The van der Waals surface area contributed by atoms with Gasteiger partial charge in [-0.15, -0.1) is 0 Å². The Morgan fingerprint density at radius 2 is 0.293 bits per heavy atom. The lowest BCUT2D eigenvalue weighted by molar-refractivity contribution is 0.205. The molecule has 0 aromatic heterocycles. The summed E-state index contributed by atoms with van der Waals surface area (Å²) in [5, 5.41) is 75.5. The molecule has 0 bridgehead atoms. The summed E-state index contributed by atoms with van der Waals surface area (Å²) in [6.45, 7) is 26.6. The van der Waals surface area contributed by atoms with Crippen molar-refractivity contribution in [2.75, 3.05) is 0 Å². The quantitative estimate of drug-likeness (QED) is 0.0162. The molecule has 0 saturated carbocycles. The number of aryl methyl sites for hydroxylation is 12. The van der Waals surface area contributed by atoms with Crippen molar-refractivity contribution in [2.24, 2.45) is 0 Å². The minimum absolute atomic E-state index is 0.287. The molecule has 150 heavy (non-hydrogen) atoms. The highest BCUT2D eigenvalue weighted by Crippen LogP contribution is 2.59. The van der Waals surface area contributed by atoms with E-state index < -0.39 is 84.6 Å². The van der Waals surface area contributed by atoms with Crippen molar-refractivity contribution in [1.82, 2.24) is 0 Å². The smallest absolute Gasteiger partial charge is 0.339 e. The zero-order valence-corrected chi connectivity index (χ0v) is 98.5. The molecule has 1 aliphatic heterocycles. The van der Waals surface area contributed by atoms with Gasteiger partial charge >= 0.3 is 51.4 Å². The van der Waals surface area contributed by atoms with Gasteiger partial charge in [-0.3, -0.25) is 0 Å². The second kappa shape index (κ2) is 58.7. The molecule has 792 valence electrons. The largest absolute Gasteiger partial charge is 0.416 e. The van der Waals surface area contributed by atoms with Gasteiger partial charge in [-0.2, -0.15) is 0 Å². The van der Waals surface area contributed by atoms with Gasteiger partial charge in [-0.1, -0.05) is 408 Å². The summed E-state index contributed by atoms with van der Waals surface area (Å²) in [7, 11) is -28.7. The minimum atomic E-state index is -5.75. The van der Waals surface area contributed by atoms with Crippen molar-refractivity contribution in [2.45, 2.75) is 345 Å². The highest BCUT2D eigenvalue weighted by molar-refractivity contribution is 7.00. The van der Waals surface area contributed by atoms with E-state index in [4.69, 9.17) is 8.23 Å².